The maximum atomic E-state index is 11.3. The van der Waals surface area contributed by atoms with Gasteiger partial charge in [-0.3, -0.25) is 9.59 Å². The summed E-state index contributed by atoms with van der Waals surface area (Å²) < 4.78 is 0. The molecule has 0 aromatic carbocycles. The van der Waals surface area contributed by atoms with E-state index in [0.29, 0.717) is 0 Å². The van der Waals surface area contributed by atoms with Gasteiger partial charge in [0.1, 0.15) is 6.04 Å². The molecule has 16 heavy (non-hydrogen) atoms. The molecular formula is C9H15N3O4. The highest BCUT2D eigenvalue weighted by molar-refractivity contribution is 5.90. The Kier molecular flexibility index (Phi) is 5.79. The van der Waals surface area contributed by atoms with Crippen LogP contribution < -0.4 is 16.8 Å². The van der Waals surface area contributed by atoms with Crippen molar-refractivity contribution in [3.05, 3.63) is 12.7 Å². The second-order valence-electron chi connectivity index (χ2n) is 3.20. The van der Waals surface area contributed by atoms with E-state index in [-0.39, 0.29) is 6.42 Å². The lowest BCUT2D eigenvalue weighted by Gasteiger charge is -2.15. The molecule has 0 aliphatic heterocycles. The first-order valence-corrected chi connectivity index (χ1v) is 4.56. The van der Waals surface area contributed by atoms with Gasteiger partial charge in [0.25, 0.3) is 0 Å². The predicted molar refractivity (Wildman–Crippen MR) is 56.2 cm³/mol. The molecule has 0 radical (unpaired) electrons. The number of rotatable bonds is 7. The average molecular weight is 229 g/mol. The SMILES string of the molecule is C=CCC(N)C(=O)N[C@H](CC(N)=O)C(=O)O. The zero-order valence-electron chi connectivity index (χ0n) is 8.68. The van der Waals surface area contributed by atoms with Crippen LogP contribution in [0.2, 0.25) is 0 Å². The number of hydrogen-bond donors (Lipinski definition) is 4. The molecule has 7 heteroatoms. The molecule has 0 bridgehead atoms. The maximum Gasteiger partial charge on any atom is 0.326 e. The van der Waals surface area contributed by atoms with E-state index in [9.17, 15) is 14.4 Å². The average Bonchev–Trinajstić information content (AvgIpc) is 2.16. The van der Waals surface area contributed by atoms with Crippen LogP contribution in [0.4, 0.5) is 0 Å². The molecule has 0 heterocycles. The van der Waals surface area contributed by atoms with E-state index in [2.05, 4.69) is 11.9 Å². The quantitative estimate of drug-likeness (QED) is 0.387. The Morgan fingerprint density at radius 1 is 1.44 bits per heavy atom. The minimum Gasteiger partial charge on any atom is -0.480 e. The van der Waals surface area contributed by atoms with E-state index in [1.54, 1.807) is 0 Å². The molecule has 0 saturated heterocycles. The lowest BCUT2D eigenvalue weighted by molar-refractivity contribution is -0.143. The van der Waals surface area contributed by atoms with Gasteiger partial charge in [-0.25, -0.2) is 4.79 Å². The van der Waals surface area contributed by atoms with E-state index < -0.39 is 36.3 Å². The molecule has 0 aliphatic rings. The molecule has 0 aromatic heterocycles. The number of carbonyl (C=O) groups excluding carboxylic acids is 2. The summed E-state index contributed by atoms with van der Waals surface area (Å²) in [5.74, 6) is -2.81. The number of hydrogen-bond acceptors (Lipinski definition) is 4. The summed E-state index contributed by atoms with van der Waals surface area (Å²) in [7, 11) is 0. The number of nitrogens with two attached hydrogens (primary N) is 2. The van der Waals surface area contributed by atoms with Crippen molar-refractivity contribution in [1.82, 2.24) is 5.32 Å². The van der Waals surface area contributed by atoms with Crippen LogP contribution >= 0.6 is 0 Å². The van der Waals surface area contributed by atoms with Crippen molar-refractivity contribution in [2.75, 3.05) is 0 Å². The Labute approximate surface area is 92.5 Å². The minimum atomic E-state index is -1.35. The number of nitrogens with one attached hydrogen (secondary N) is 1. The summed E-state index contributed by atoms with van der Waals surface area (Å²) in [5, 5.41) is 10.8. The van der Waals surface area contributed by atoms with Crippen LogP contribution in [0, 0.1) is 0 Å². The lowest BCUT2D eigenvalue weighted by Crippen LogP contribution is -2.49. The van der Waals surface area contributed by atoms with Gasteiger partial charge in [0.05, 0.1) is 12.5 Å². The van der Waals surface area contributed by atoms with Gasteiger partial charge in [-0.05, 0) is 6.42 Å². The number of carboxylic acid groups (broad SMARTS) is 1. The van der Waals surface area contributed by atoms with Gasteiger partial charge in [-0.2, -0.15) is 0 Å². The Bertz CT molecular complexity index is 303. The Balaban J connectivity index is 4.39. The number of amides is 2. The molecule has 0 fully saturated rings. The summed E-state index contributed by atoms with van der Waals surface area (Å²) in [6.45, 7) is 3.40. The van der Waals surface area contributed by atoms with Crippen molar-refractivity contribution in [3.8, 4) is 0 Å². The van der Waals surface area contributed by atoms with Crippen molar-refractivity contribution in [2.24, 2.45) is 11.5 Å². The molecule has 0 saturated carbocycles. The largest absolute Gasteiger partial charge is 0.480 e. The smallest absolute Gasteiger partial charge is 0.326 e. The third kappa shape index (κ3) is 5.11. The highest BCUT2D eigenvalue weighted by Gasteiger charge is 2.24. The molecule has 7 nitrogen and oxygen atoms in total. The van der Waals surface area contributed by atoms with Crippen LogP contribution in [-0.4, -0.2) is 35.0 Å². The number of aliphatic carboxylic acids is 1. The first-order valence-electron chi connectivity index (χ1n) is 4.56. The molecule has 1 unspecified atom stereocenters. The van der Waals surface area contributed by atoms with Crippen LogP contribution in [0.15, 0.2) is 12.7 Å². The molecule has 0 spiro atoms. The normalized spacial score (nSPS) is 13.6. The van der Waals surface area contributed by atoms with Crippen molar-refractivity contribution < 1.29 is 19.5 Å². The first kappa shape index (κ1) is 14.1. The fourth-order valence-electron chi connectivity index (χ4n) is 0.967. The number of primary amides is 1. The zero-order valence-corrected chi connectivity index (χ0v) is 8.68. The minimum absolute atomic E-state index is 0.217. The second kappa shape index (κ2) is 6.57. The summed E-state index contributed by atoms with van der Waals surface area (Å²) in [5.41, 5.74) is 10.3. The fourth-order valence-corrected chi connectivity index (χ4v) is 0.967. The first-order chi connectivity index (χ1) is 7.38. The van der Waals surface area contributed by atoms with Crippen LogP contribution in [-0.2, 0) is 14.4 Å². The van der Waals surface area contributed by atoms with Crippen molar-refractivity contribution in [2.45, 2.75) is 24.9 Å². The molecule has 2 amide bonds. The molecular weight excluding hydrogens is 214 g/mol. The number of carboxylic acids is 1. The molecule has 0 aromatic rings. The number of carbonyl (C=O) groups is 3. The van der Waals surface area contributed by atoms with Gasteiger partial charge >= 0.3 is 5.97 Å². The van der Waals surface area contributed by atoms with Crippen LogP contribution in [0.25, 0.3) is 0 Å². The van der Waals surface area contributed by atoms with E-state index in [1.807, 2.05) is 0 Å². The second-order valence-corrected chi connectivity index (χ2v) is 3.20. The van der Waals surface area contributed by atoms with E-state index in [0.717, 1.165) is 0 Å². The predicted octanol–water partition coefficient (Wildman–Crippen LogP) is -1.67. The van der Waals surface area contributed by atoms with Gasteiger partial charge in [0.2, 0.25) is 11.8 Å². The van der Waals surface area contributed by atoms with Crippen molar-refractivity contribution in [1.29, 1.82) is 0 Å². The van der Waals surface area contributed by atoms with E-state index in [1.165, 1.54) is 6.08 Å². The van der Waals surface area contributed by atoms with E-state index in [4.69, 9.17) is 16.6 Å². The third-order valence-electron chi connectivity index (χ3n) is 1.78. The lowest BCUT2D eigenvalue weighted by atomic mass is 10.1. The summed E-state index contributed by atoms with van der Waals surface area (Å²) in [6, 6.07) is -2.23. The topological polar surface area (TPSA) is 136 Å². The van der Waals surface area contributed by atoms with Gasteiger partial charge in [-0.1, -0.05) is 6.08 Å². The zero-order chi connectivity index (χ0) is 12.7. The highest BCUT2D eigenvalue weighted by Crippen LogP contribution is 1.95. The summed E-state index contributed by atoms with van der Waals surface area (Å²) in [6.07, 6.45) is 1.19. The van der Waals surface area contributed by atoms with Crippen molar-refractivity contribution in [3.63, 3.8) is 0 Å². The van der Waals surface area contributed by atoms with Gasteiger partial charge in [0.15, 0.2) is 0 Å². The summed E-state index contributed by atoms with van der Waals surface area (Å²) >= 11 is 0. The maximum absolute atomic E-state index is 11.3. The highest BCUT2D eigenvalue weighted by atomic mass is 16.4. The van der Waals surface area contributed by atoms with Crippen LogP contribution in [0.1, 0.15) is 12.8 Å². The monoisotopic (exact) mass is 229 g/mol. The molecule has 90 valence electrons. The Hall–Kier alpha value is -1.89. The standard InChI is InChI=1S/C9H15N3O4/c1-2-3-5(10)8(14)12-6(9(15)16)4-7(11)13/h2,5-6H,1,3-4,10H2,(H2,11,13)(H,12,14)(H,15,16)/t5?,6-/m1/s1. The third-order valence-corrected chi connectivity index (χ3v) is 1.78. The molecule has 6 N–H and O–H groups in total. The van der Waals surface area contributed by atoms with Gasteiger partial charge < -0.3 is 21.9 Å². The van der Waals surface area contributed by atoms with E-state index >= 15 is 0 Å². The van der Waals surface area contributed by atoms with Crippen molar-refractivity contribution >= 4 is 17.8 Å². The summed E-state index contributed by atoms with van der Waals surface area (Å²) in [4.78, 5) is 32.5. The van der Waals surface area contributed by atoms with Crippen LogP contribution in [0.5, 0.6) is 0 Å². The van der Waals surface area contributed by atoms with Crippen LogP contribution in [0.3, 0.4) is 0 Å². The van der Waals surface area contributed by atoms with Gasteiger partial charge in [-0.15, -0.1) is 6.58 Å². The Morgan fingerprint density at radius 3 is 2.38 bits per heavy atom. The molecule has 0 aliphatic carbocycles. The van der Waals surface area contributed by atoms with Gasteiger partial charge in [0, 0.05) is 0 Å². The molecule has 2 atom stereocenters. The fraction of sp³-hybridized carbons (Fsp3) is 0.444. The molecule has 0 rings (SSSR count). The Morgan fingerprint density at radius 2 is 2.00 bits per heavy atom.